The fraction of sp³-hybridized carbons (Fsp3) is 0.0625. The molecule has 94 valence electrons. The molecule has 0 amide bonds. The molecule has 2 nitrogen and oxygen atoms in total. The number of rotatable bonds is 3. The Hall–Kier alpha value is -2.06. The Labute approximate surface area is 116 Å². The molecule has 19 heavy (non-hydrogen) atoms. The van der Waals surface area contributed by atoms with Crippen LogP contribution < -0.4 is 0 Å². The summed E-state index contributed by atoms with van der Waals surface area (Å²) in [5.74, 6) is 1.12. The van der Waals surface area contributed by atoms with E-state index in [1.807, 2.05) is 60.7 Å². The summed E-state index contributed by atoms with van der Waals surface area (Å²) >= 11 is 6.08. The van der Waals surface area contributed by atoms with Crippen molar-refractivity contribution in [2.45, 2.75) is 5.88 Å². The third-order valence-electron chi connectivity index (χ3n) is 3.00. The number of halogens is 1. The molecule has 0 aliphatic heterocycles. The third-order valence-corrected chi connectivity index (χ3v) is 3.27. The van der Waals surface area contributed by atoms with Gasteiger partial charge >= 0.3 is 0 Å². The summed E-state index contributed by atoms with van der Waals surface area (Å²) in [4.78, 5) is 0. The van der Waals surface area contributed by atoms with E-state index in [1.165, 1.54) is 0 Å². The topological polar surface area (TPSA) is 26.0 Å². The molecular weight excluding hydrogens is 258 g/mol. The molecule has 1 heterocycles. The molecule has 0 saturated heterocycles. The number of hydrogen-bond acceptors (Lipinski definition) is 2. The highest BCUT2D eigenvalue weighted by Crippen LogP contribution is 2.33. The monoisotopic (exact) mass is 269 g/mol. The number of nitrogens with zero attached hydrogens (tertiary/aromatic N) is 1. The molecule has 0 atom stereocenters. The van der Waals surface area contributed by atoms with Crippen molar-refractivity contribution in [2.75, 3.05) is 0 Å². The predicted molar refractivity (Wildman–Crippen MR) is 76.9 cm³/mol. The SMILES string of the molecule is ClCc1c(-c2ccccc2)noc1-c1ccccc1. The fourth-order valence-electron chi connectivity index (χ4n) is 2.07. The van der Waals surface area contributed by atoms with Gasteiger partial charge in [-0.15, -0.1) is 11.6 Å². The lowest BCUT2D eigenvalue weighted by Gasteiger charge is -2.00. The second-order valence-corrected chi connectivity index (χ2v) is 4.47. The second-order valence-electron chi connectivity index (χ2n) is 4.20. The van der Waals surface area contributed by atoms with Crippen LogP contribution in [0.5, 0.6) is 0 Å². The molecule has 2 aromatic carbocycles. The second kappa shape index (κ2) is 5.29. The van der Waals surface area contributed by atoms with E-state index in [-0.39, 0.29) is 0 Å². The zero-order valence-electron chi connectivity index (χ0n) is 10.2. The average Bonchev–Trinajstić information content (AvgIpc) is 2.93. The first-order chi connectivity index (χ1) is 9.40. The molecule has 0 bridgehead atoms. The molecule has 0 unspecified atom stereocenters. The van der Waals surface area contributed by atoms with Crippen molar-refractivity contribution in [3.05, 3.63) is 66.2 Å². The lowest BCUT2D eigenvalue weighted by Crippen LogP contribution is -1.85. The van der Waals surface area contributed by atoms with Crippen LogP contribution in [0, 0.1) is 0 Å². The van der Waals surface area contributed by atoms with Crippen molar-refractivity contribution >= 4 is 11.6 Å². The standard InChI is InChI=1S/C16H12ClNO/c17-11-14-15(12-7-3-1-4-8-12)18-19-16(14)13-9-5-2-6-10-13/h1-10H,11H2. The lowest BCUT2D eigenvalue weighted by molar-refractivity contribution is 0.434. The van der Waals surface area contributed by atoms with Crippen molar-refractivity contribution in [3.8, 4) is 22.6 Å². The summed E-state index contributed by atoms with van der Waals surface area (Å²) in [6.07, 6.45) is 0. The average molecular weight is 270 g/mol. The Kier molecular flexibility index (Phi) is 3.34. The van der Waals surface area contributed by atoms with Gasteiger partial charge in [0.25, 0.3) is 0 Å². The van der Waals surface area contributed by atoms with E-state index < -0.39 is 0 Å². The van der Waals surface area contributed by atoms with E-state index in [4.69, 9.17) is 16.1 Å². The van der Waals surface area contributed by atoms with Crippen LogP contribution in [0.4, 0.5) is 0 Å². The van der Waals surface area contributed by atoms with Crippen molar-refractivity contribution in [3.63, 3.8) is 0 Å². The van der Waals surface area contributed by atoms with Crippen molar-refractivity contribution < 1.29 is 4.52 Å². The fourth-order valence-corrected chi connectivity index (χ4v) is 2.32. The first-order valence-electron chi connectivity index (χ1n) is 6.05. The van der Waals surface area contributed by atoms with E-state index >= 15 is 0 Å². The number of alkyl halides is 1. The van der Waals surface area contributed by atoms with Crippen LogP contribution in [0.3, 0.4) is 0 Å². The van der Waals surface area contributed by atoms with Gasteiger partial charge in [0.2, 0.25) is 0 Å². The molecule has 0 saturated carbocycles. The van der Waals surface area contributed by atoms with Gasteiger partial charge in [-0.25, -0.2) is 0 Å². The summed E-state index contributed by atoms with van der Waals surface area (Å²) in [7, 11) is 0. The van der Waals surface area contributed by atoms with E-state index in [0.717, 1.165) is 28.1 Å². The number of benzene rings is 2. The number of aromatic nitrogens is 1. The Bertz CT molecular complexity index is 605. The minimum absolute atomic E-state index is 0.373. The highest BCUT2D eigenvalue weighted by molar-refractivity contribution is 6.17. The maximum Gasteiger partial charge on any atom is 0.171 e. The smallest absolute Gasteiger partial charge is 0.171 e. The minimum atomic E-state index is 0.373. The van der Waals surface area contributed by atoms with E-state index in [9.17, 15) is 0 Å². The zero-order valence-corrected chi connectivity index (χ0v) is 11.0. The lowest BCUT2D eigenvalue weighted by atomic mass is 10.0. The largest absolute Gasteiger partial charge is 0.355 e. The van der Waals surface area contributed by atoms with Gasteiger partial charge in [0.05, 0.1) is 5.88 Å². The molecule has 0 radical (unpaired) electrons. The molecular formula is C16H12ClNO. The van der Waals surface area contributed by atoms with Gasteiger partial charge in [0.15, 0.2) is 5.76 Å². The van der Waals surface area contributed by atoms with Gasteiger partial charge in [-0.05, 0) is 0 Å². The van der Waals surface area contributed by atoms with E-state index in [0.29, 0.717) is 5.88 Å². The van der Waals surface area contributed by atoms with E-state index in [1.54, 1.807) is 0 Å². The van der Waals surface area contributed by atoms with Crippen LogP contribution in [0.2, 0.25) is 0 Å². The van der Waals surface area contributed by atoms with Gasteiger partial charge in [0, 0.05) is 16.7 Å². The Morgan fingerprint density at radius 1 is 0.842 bits per heavy atom. The van der Waals surface area contributed by atoms with Gasteiger partial charge in [0.1, 0.15) is 5.69 Å². The maximum absolute atomic E-state index is 6.08. The summed E-state index contributed by atoms with van der Waals surface area (Å²) in [6, 6.07) is 19.8. The number of hydrogen-bond donors (Lipinski definition) is 0. The highest BCUT2D eigenvalue weighted by Gasteiger charge is 2.17. The van der Waals surface area contributed by atoms with Gasteiger partial charge in [-0.1, -0.05) is 65.8 Å². The molecule has 0 N–H and O–H groups in total. The van der Waals surface area contributed by atoms with E-state index in [2.05, 4.69) is 5.16 Å². The van der Waals surface area contributed by atoms with Crippen LogP contribution in [0.15, 0.2) is 65.2 Å². The maximum atomic E-state index is 6.08. The van der Waals surface area contributed by atoms with Crippen LogP contribution in [-0.2, 0) is 5.88 Å². The van der Waals surface area contributed by atoms with Crippen LogP contribution >= 0.6 is 11.6 Å². The third kappa shape index (κ3) is 2.27. The Morgan fingerprint density at radius 3 is 2.00 bits per heavy atom. The van der Waals surface area contributed by atoms with Crippen LogP contribution in [-0.4, -0.2) is 5.16 Å². The first kappa shape index (κ1) is 12.0. The Morgan fingerprint density at radius 2 is 1.42 bits per heavy atom. The molecule has 0 spiro atoms. The van der Waals surface area contributed by atoms with Crippen molar-refractivity contribution in [1.82, 2.24) is 5.16 Å². The summed E-state index contributed by atoms with van der Waals surface area (Å²) < 4.78 is 5.49. The van der Waals surface area contributed by atoms with Crippen LogP contribution in [0.25, 0.3) is 22.6 Å². The summed E-state index contributed by atoms with van der Waals surface area (Å²) in [5, 5.41) is 4.17. The molecule has 3 aromatic rings. The highest BCUT2D eigenvalue weighted by atomic mass is 35.5. The molecule has 0 aliphatic rings. The molecule has 3 heteroatoms. The molecule has 1 aromatic heterocycles. The Balaban J connectivity index is 2.13. The van der Waals surface area contributed by atoms with Crippen LogP contribution in [0.1, 0.15) is 5.56 Å². The summed E-state index contributed by atoms with van der Waals surface area (Å²) in [6.45, 7) is 0. The van der Waals surface area contributed by atoms with Gasteiger partial charge in [-0.2, -0.15) is 0 Å². The van der Waals surface area contributed by atoms with Crippen molar-refractivity contribution in [1.29, 1.82) is 0 Å². The predicted octanol–water partition coefficient (Wildman–Crippen LogP) is 4.75. The zero-order chi connectivity index (χ0) is 13.1. The molecule has 0 aliphatic carbocycles. The minimum Gasteiger partial charge on any atom is -0.355 e. The van der Waals surface area contributed by atoms with Gasteiger partial charge in [-0.3, -0.25) is 0 Å². The molecule has 0 fully saturated rings. The molecule has 3 rings (SSSR count). The summed E-state index contributed by atoms with van der Waals surface area (Å²) in [5.41, 5.74) is 3.76. The van der Waals surface area contributed by atoms with Crippen molar-refractivity contribution in [2.24, 2.45) is 0 Å². The normalized spacial score (nSPS) is 10.6. The van der Waals surface area contributed by atoms with Gasteiger partial charge < -0.3 is 4.52 Å². The quantitative estimate of drug-likeness (QED) is 0.642. The first-order valence-corrected chi connectivity index (χ1v) is 6.59.